The predicted molar refractivity (Wildman–Crippen MR) is 59.4 cm³/mol. The van der Waals surface area contributed by atoms with Crippen molar-refractivity contribution in [2.45, 2.75) is 39.0 Å². The summed E-state index contributed by atoms with van der Waals surface area (Å²) in [7, 11) is 0. The maximum Gasteiger partial charge on any atom is 0.285 e. The molecule has 0 spiro atoms. The molecule has 1 nitrogen and oxygen atoms in total. The molecule has 0 N–H and O–H groups in total. The minimum atomic E-state index is -2.90. The summed E-state index contributed by atoms with van der Waals surface area (Å²) in [4.78, 5) is 0. The van der Waals surface area contributed by atoms with Crippen LogP contribution in [0.3, 0.4) is 0 Å². The second-order valence-electron chi connectivity index (χ2n) is 4.86. The fourth-order valence-electron chi connectivity index (χ4n) is 2.26. The molecule has 0 saturated carbocycles. The van der Waals surface area contributed by atoms with Crippen molar-refractivity contribution in [2.75, 3.05) is 6.61 Å². The molecule has 0 fully saturated rings. The minimum Gasteiger partial charge on any atom is -0.484 e. The van der Waals surface area contributed by atoms with Gasteiger partial charge >= 0.3 is 0 Å². The van der Waals surface area contributed by atoms with Gasteiger partial charge in [-0.05, 0) is 30.0 Å². The van der Waals surface area contributed by atoms with Crippen LogP contribution >= 0.6 is 0 Å². The van der Waals surface area contributed by atoms with E-state index in [1.54, 1.807) is 6.92 Å². The summed E-state index contributed by atoms with van der Waals surface area (Å²) in [5.74, 6) is -3.34. The number of alkyl halides is 2. The highest BCUT2D eigenvalue weighted by Gasteiger charge is 2.38. The first kappa shape index (κ1) is 12.3. The number of benzene rings is 1. The standard InChI is InChI=1S/C13H15F3O/c1-7(2)9-4-11(14)12-10(8(9)3)5-13(15,16)6-17-12/h4,7H,5-6H2,1-3H3. The quantitative estimate of drug-likeness (QED) is 0.729. The number of halogens is 3. The van der Waals surface area contributed by atoms with Crippen molar-refractivity contribution in [1.29, 1.82) is 0 Å². The van der Waals surface area contributed by atoms with Crippen molar-refractivity contribution in [2.24, 2.45) is 0 Å². The highest BCUT2D eigenvalue weighted by Crippen LogP contribution is 2.39. The van der Waals surface area contributed by atoms with Crippen LogP contribution in [0.15, 0.2) is 6.07 Å². The average Bonchev–Trinajstić information content (AvgIpc) is 2.21. The van der Waals surface area contributed by atoms with Gasteiger partial charge in [-0.25, -0.2) is 13.2 Å². The first-order valence-corrected chi connectivity index (χ1v) is 5.64. The normalized spacial score (nSPS) is 17.8. The molecule has 4 heteroatoms. The number of rotatable bonds is 1. The van der Waals surface area contributed by atoms with Crippen LogP contribution in [0.25, 0.3) is 0 Å². The third kappa shape index (κ3) is 2.13. The van der Waals surface area contributed by atoms with Crippen molar-refractivity contribution < 1.29 is 17.9 Å². The molecule has 0 unspecified atom stereocenters. The second kappa shape index (κ2) is 3.93. The van der Waals surface area contributed by atoms with E-state index in [0.29, 0.717) is 5.56 Å². The monoisotopic (exact) mass is 244 g/mol. The molecular formula is C13H15F3O. The molecule has 0 aliphatic carbocycles. The van der Waals surface area contributed by atoms with Crippen LogP contribution in [0.4, 0.5) is 13.2 Å². The lowest BCUT2D eigenvalue weighted by atomic mass is 9.90. The topological polar surface area (TPSA) is 9.23 Å². The lowest BCUT2D eigenvalue weighted by Crippen LogP contribution is -2.33. The van der Waals surface area contributed by atoms with E-state index in [2.05, 4.69) is 0 Å². The van der Waals surface area contributed by atoms with Gasteiger partial charge in [0.25, 0.3) is 5.92 Å². The van der Waals surface area contributed by atoms with E-state index in [9.17, 15) is 13.2 Å². The van der Waals surface area contributed by atoms with E-state index in [4.69, 9.17) is 4.74 Å². The van der Waals surface area contributed by atoms with E-state index in [1.807, 2.05) is 13.8 Å². The Kier molecular flexibility index (Phi) is 2.84. The van der Waals surface area contributed by atoms with Gasteiger partial charge < -0.3 is 4.74 Å². The SMILES string of the molecule is Cc1c(C(C)C)cc(F)c2c1CC(F)(F)CO2. The van der Waals surface area contributed by atoms with Crippen LogP contribution in [-0.2, 0) is 6.42 Å². The molecule has 0 amide bonds. The molecule has 0 aromatic heterocycles. The molecule has 17 heavy (non-hydrogen) atoms. The summed E-state index contributed by atoms with van der Waals surface area (Å²) in [6.07, 6.45) is -0.439. The summed E-state index contributed by atoms with van der Waals surface area (Å²) < 4.78 is 45.2. The minimum absolute atomic E-state index is 0.00201. The molecule has 0 saturated heterocycles. The van der Waals surface area contributed by atoms with Crippen molar-refractivity contribution in [3.63, 3.8) is 0 Å². The highest BCUT2D eigenvalue weighted by molar-refractivity contribution is 5.48. The molecule has 94 valence electrons. The summed E-state index contributed by atoms with van der Waals surface area (Å²) in [6, 6.07) is 1.39. The Morgan fingerprint density at radius 2 is 2.00 bits per heavy atom. The third-order valence-corrected chi connectivity index (χ3v) is 3.14. The van der Waals surface area contributed by atoms with Gasteiger partial charge in [0, 0.05) is 12.0 Å². The molecule has 1 aromatic carbocycles. The molecule has 0 bridgehead atoms. The van der Waals surface area contributed by atoms with Crippen LogP contribution in [0, 0.1) is 12.7 Å². The van der Waals surface area contributed by atoms with Crippen molar-refractivity contribution >= 4 is 0 Å². The van der Waals surface area contributed by atoms with Crippen LogP contribution in [-0.4, -0.2) is 12.5 Å². The van der Waals surface area contributed by atoms with Crippen molar-refractivity contribution in [1.82, 2.24) is 0 Å². The maximum atomic E-state index is 13.8. The molecule has 2 rings (SSSR count). The van der Waals surface area contributed by atoms with Crippen LogP contribution in [0.1, 0.15) is 36.5 Å². The molecule has 0 atom stereocenters. The third-order valence-electron chi connectivity index (χ3n) is 3.14. The van der Waals surface area contributed by atoms with Crippen molar-refractivity contribution in [3.05, 3.63) is 28.6 Å². The molecule has 0 radical (unpaired) electrons. The van der Waals surface area contributed by atoms with E-state index in [1.165, 1.54) is 6.07 Å². The summed E-state index contributed by atoms with van der Waals surface area (Å²) >= 11 is 0. The van der Waals surface area contributed by atoms with Gasteiger partial charge in [-0.2, -0.15) is 0 Å². The summed E-state index contributed by atoms with van der Waals surface area (Å²) in [6.45, 7) is 4.84. The fourth-order valence-corrected chi connectivity index (χ4v) is 2.26. The lowest BCUT2D eigenvalue weighted by Gasteiger charge is -2.28. The van der Waals surface area contributed by atoms with Crippen LogP contribution in [0.5, 0.6) is 5.75 Å². The van der Waals surface area contributed by atoms with Crippen LogP contribution < -0.4 is 4.74 Å². The zero-order valence-corrected chi connectivity index (χ0v) is 10.1. The Labute approximate surface area is 98.6 Å². The van der Waals surface area contributed by atoms with E-state index >= 15 is 0 Å². The number of fused-ring (bicyclic) bond motifs is 1. The predicted octanol–water partition coefficient (Wildman–Crippen LogP) is 3.83. The fraction of sp³-hybridized carbons (Fsp3) is 0.538. The van der Waals surface area contributed by atoms with Gasteiger partial charge in [0.1, 0.15) is 0 Å². The molecular weight excluding hydrogens is 229 g/mol. The molecule has 1 heterocycles. The smallest absolute Gasteiger partial charge is 0.285 e. The molecule has 1 aromatic rings. The Bertz CT molecular complexity index is 452. The number of hydrogen-bond donors (Lipinski definition) is 0. The van der Waals surface area contributed by atoms with Crippen molar-refractivity contribution in [3.8, 4) is 5.75 Å². The first-order chi connectivity index (χ1) is 7.82. The zero-order chi connectivity index (χ0) is 12.8. The second-order valence-corrected chi connectivity index (χ2v) is 4.86. The van der Waals surface area contributed by atoms with Gasteiger partial charge in [0.2, 0.25) is 0 Å². The molecule has 1 aliphatic heterocycles. The summed E-state index contributed by atoms with van der Waals surface area (Å²) in [5, 5.41) is 0. The first-order valence-electron chi connectivity index (χ1n) is 5.64. The number of hydrogen-bond acceptors (Lipinski definition) is 1. The van der Waals surface area contributed by atoms with Gasteiger partial charge in [0.15, 0.2) is 18.2 Å². The zero-order valence-electron chi connectivity index (χ0n) is 10.1. The number of ether oxygens (including phenoxy) is 1. The Morgan fingerprint density at radius 3 is 2.59 bits per heavy atom. The van der Waals surface area contributed by atoms with E-state index in [0.717, 1.165) is 11.1 Å². The molecule has 1 aliphatic rings. The van der Waals surface area contributed by atoms with Gasteiger partial charge in [-0.3, -0.25) is 0 Å². The Balaban J connectivity index is 2.58. The average molecular weight is 244 g/mol. The lowest BCUT2D eigenvalue weighted by molar-refractivity contribution is -0.0529. The largest absolute Gasteiger partial charge is 0.484 e. The Hall–Kier alpha value is -1.19. The van der Waals surface area contributed by atoms with E-state index < -0.39 is 24.8 Å². The summed E-state index contributed by atoms with van der Waals surface area (Å²) in [5.41, 5.74) is 1.79. The highest BCUT2D eigenvalue weighted by atomic mass is 19.3. The van der Waals surface area contributed by atoms with Gasteiger partial charge in [-0.1, -0.05) is 13.8 Å². The van der Waals surface area contributed by atoms with Crippen LogP contribution in [0.2, 0.25) is 0 Å². The maximum absolute atomic E-state index is 13.8. The Morgan fingerprint density at radius 1 is 1.35 bits per heavy atom. The van der Waals surface area contributed by atoms with E-state index in [-0.39, 0.29) is 11.7 Å². The van der Waals surface area contributed by atoms with Gasteiger partial charge in [0.05, 0.1) is 0 Å². The van der Waals surface area contributed by atoms with Gasteiger partial charge in [-0.15, -0.1) is 0 Å².